The third-order valence-corrected chi connectivity index (χ3v) is 2.35. The maximum absolute atomic E-state index is 12.8. The highest BCUT2D eigenvalue weighted by Gasteiger charge is 2.02. The lowest BCUT2D eigenvalue weighted by Crippen LogP contribution is -2.16. The summed E-state index contributed by atoms with van der Waals surface area (Å²) in [6.45, 7) is 1.33. The number of rotatable bonds is 5. The predicted octanol–water partition coefficient (Wildman–Crippen LogP) is 1.88. The lowest BCUT2D eigenvalue weighted by atomic mass is 10.2. The van der Waals surface area contributed by atoms with Crippen molar-refractivity contribution in [2.75, 3.05) is 20.2 Å². The van der Waals surface area contributed by atoms with Gasteiger partial charge in [-0.05, 0) is 31.3 Å². The summed E-state index contributed by atoms with van der Waals surface area (Å²) in [5, 5.41) is 2.98. The molecule has 0 atom stereocenters. The molecule has 18 heavy (non-hydrogen) atoms. The third kappa shape index (κ3) is 3.24. The Labute approximate surface area is 105 Å². The number of benzene rings is 1. The molecule has 0 fully saturated rings. The SMILES string of the molecule is CNCCOc1cnc(-c2ccc(F)cc2)nc1. The van der Waals surface area contributed by atoms with Gasteiger partial charge in [0.15, 0.2) is 11.6 Å². The summed E-state index contributed by atoms with van der Waals surface area (Å²) in [7, 11) is 1.86. The van der Waals surface area contributed by atoms with Crippen LogP contribution in [-0.4, -0.2) is 30.2 Å². The molecular formula is C13H14FN3O. The van der Waals surface area contributed by atoms with Crippen molar-refractivity contribution in [1.29, 1.82) is 0 Å². The van der Waals surface area contributed by atoms with E-state index in [1.54, 1.807) is 24.5 Å². The number of ether oxygens (including phenoxy) is 1. The molecule has 94 valence electrons. The minimum absolute atomic E-state index is 0.272. The maximum atomic E-state index is 12.8. The van der Waals surface area contributed by atoms with Crippen LogP contribution in [0.3, 0.4) is 0 Å². The number of aromatic nitrogens is 2. The molecule has 0 saturated carbocycles. The van der Waals surface area contributed by atoms with Crippen molar-refractivity contribution in [3.63, 3.8) is 0 Å². The molecule has 0 aliphatic heterocycles. The molecule has 1 aromatic heterocycles. The zero-order valence-corrected chi connectivity index (χ0v) is 10.1. The Kier molecular flexibility index (Phi) is 4.20. The van der Waals surface area contributed by atoms with Crippen molar-refractivity contribution in [3.05, 3.63) is 42.5 Å². The molecular weight excluding hydrogens is 233 g/mol. The Morgan fingerprint density at radius 2 is 1.83 bits per heavy atom. The second kappa shape index (κ2) is 6.07. The van der Waals surface area contributed by atoms with Crippen LogP contribution < -0.4 is 10.1 Å². The first-order valence-electron chi connectivity index (χ1n) is 5.65. The maximum Gasteiger partial charge on any atom is 0.159 e. The summed E-state index contributed by atoms with van der Waals surface area (Å²) in [5.74, 6) is 0.901. The van der Waals surface area contributed by atoms with Gasteiger partial charge in [0.1, 0.15) is 12.4 Å². The lowest BCUT2D eigenvalue weighted by molar-refractivity contribution is 0.316. The van der Waals surface area contributed by atoms with E-state index >= 15 is 0 Å². The van der Waals surface area contributed by atoms with Crippen molar-refractivity contribution >= 4 is 0 Å². The lowest BCUT2D eigenvalue weighted by Gasteiger charge is -2.05. The van der Waals surface area contributed by atoms with E-state index in [2.05, 4.69) is 15.3 Å². The molecule has 4 nitrogen and oxygen atoms in total. The van der Waals surface area contributed by atoms with E-state index in [-0.39, 0.29) is 5.82 Å². The molecule has 1 heterocycles. The molecule has 0 unspecified atom stereocenters. The van der Waals surface area contributed by atoms with Gasteiger partial charge in [0, 0.05) is 12.1 Å². The van der Waals surface area contributed by atoms with E-state index < -0.39 is 0 Å². The third-order valence-electron chi connectivity index (χ3n) is 2.35. The minimum atomic E-state index is -0.272. The molecule has 0 radical (unpaired) electrons. The van der Waals surface area contributed by atoms with Crippen LogP contribution in [0.2, 0.25) is 0 Å². The molecule has 1 N–H and O–H groups in total. The number of hydrogen-bond acceptors (Lipinski definition) is 4. The summed E-state index contributed by atoms with van der Waals surface area (Å²) < 4.78 is 18.2. The van der Waals surface area contributed by atoms with Crippen LogP contribution in [0.4, 0.5) is 4.39 Å². The Morgan fingerprint density at radius 1 is 1.17 bits per heavy atom. The van der Waals surface area contributed by atoms with Crippen molar-refractivity contribution in [3.8, 4) is 17.1 Å². The Bertz CT molecular complexity index is 485. The number of nitrogens with one attached hydrogen (secondary N) is 1. The van der Waals surface area contributed by atoms with Crippen molar-refractivity contribution in [2.45, 2.75) is 0 Å². The Morgan fingerprint density at radius 3 is 2.44 bits per heavy atom. The molecule has 0 spiro atoms. The largest absolute Gasteiger partial charge is 0.489 e. The van der Waals surface area contributed by atoms with E-state index in [1.165, 1.54) is 12.1 Å². The quantitative estimate of drug-likeness (QED) is 0.819. The fourth-order valence-electron chi connectivity index (χ4n) is 1.41. The van der Waals surface area contributed by atoms with Gasteiger partial charge in [-0.25, -0.2) is 14.4 Å². The molecule has 5 heteroatoms. The normalized spacial score (nSPS) is 10.3. The second-order valence-corrected chi connectivity index (χ2v) is 3.70. The monoisotopic (exact) mass is 247 g/mol. The highest BCUT2D eigenvalue weighted by molar-refractivity contribution is 5.54. The smallest absolute Gasteiger partial charge is 0.159 e. The van der Waals surface area contributed by atoms with Gasteiger partial charge < -0.3 is 10.1 Å². The molecule has 0 amide bonds. The fraction of sp³-hybridized carbons (Fsp3) is 0.231. The first-order valence-corrected chi connectivity index (χ1v) is 5.65. The van der Waals surface area contributed by atoms with Crippen molar-refractivity contribution in [2.24, 2.45) is 0 Å². The van der Waals surface area contributed by atoms with Gasteiger partial charge in [0.25, 0.3) is 0 Å². The average Bonchev–Trinajstić information content (AvgIpc) is 2.41. The topological polar surface area (TPSA) is 47.0 Å². The summed E-state index contributed by atoms with van der Waals surface area (Å²) in [6, 6.07) is 6.06. The van der Waals surface area contributed by atoms with Gasteiger partial charge in [-0.1, -0.05) is 0 Å². The van der Waals surface area contributed by atoms with Crippen molar-refractivity contribution in [1.82, 2.24) is 15.3 Å². The summed E-state index contributed by atoms with van der Waals surface area (Å²) >= 11 is 0. The zero-order chi connectivity index (χ0) is 12.8. The Balaban J connectivity index is 2.05. The summed E-state index contributed by atoms with van der Waals surface area (Å²) in [5.41, 5.74) is 0.776. The van der Waals surface area contributed by atoms with Crippen LogP contribution in [0.1, 0.15) is 0 Å². The number of likely N-dealkylation sites (N-methyl/N-ethyl adjacent to an activating group) is 1. The van der Waals surface area contributed by atoms with E-state index in [4.69, 9.17) is 4.74 Å². The van der Waals surface area contributed by atoms with Gasteiger partial charge in [0.05, 0.1) is 12.4 Å². The van der Waals surface area contributed by atoms with E-state index in [1.807, 2.05) is 7.05 Å². The minimum Gasteiger partial charge on any atom is -0.489 e. The van der Waals surface area contributed by atoms with Crippen LogP contribution >= 0.6 is 0 Å². The Hall–Kier alpha value is -2.01. The van der Waals surface area contributed by atoms with Gasteiger partial charge in [0.2, 0.25) is 0 Å². The summed E-state index contributed by atoms with van der Waals surface area (Å²) in [4.78, 5) is 8.36. The highest BCUT2D eigenvalue weighted by Crippen LogP contribution is 2.16. The number of halogens is 1. The predicted molar refractivity (Wildman–Crippen MR) is 66.8 cm³/mol. The van der Waals surface area contributed by atoms with Gasteiger partial charge in [-0.2, -0.15) is 0 Å². The number of hydrogen-bond donors (Lipinski definition) is 1. The van der Waals surface area contributed by atoms with Crippen LogP contribution in [0, 0.1) is 5.82 Å². The highest BCUT2D eigenvalue weighted by atomic mass is 19.1. The molecule has 2 aromatic rings. The van der Waals surface area contributed by atoms with Crippen LogP contribution in [0.15, 0.2) is 36.7 Å². The van der Waals surface area contributed by atoms with Crippen LogP contribution in [0.25, 0.3) is 11.4 Å². The number of nitrogens with zero attached hydrogens (tertiary/aromatic N) is 2. The molecule has 0 aliphatic carbocycles. The zero-order valence-electron chi connectivity index (χ0n) is 10.1. The van der Waals surface area contributed by atoms with E-state index in [0.717, 1.165) is 12.1 Å². The van der Waals surface area contributed by atoms with E-state index in [9.17, 15) is 4.39 Å². The average molecular weight is 247 g/mol. The first-order chi connectivity index (χ1) is 8.79. The molecule has 0 aliphatic rings. The summed E-state index contributed by atoms with van der Waals surface area (Å²) in [6.07, 6.45) is 3.22. The van der Waals surface area contributed by atoms with Gasteiger partial charge in [-0.3, -0.25) is 0 Å². The molecule has 2 rings (SSSR count). The van der Waals surface area contributed by atoms with Gasteiger partial charge >= 0.3 is 0 Å². The van der Waals surface area contributed by atoms with Crippen LogP contribution in [-0.2, 0) is 0 Å². The van der Waals surface area contributed by atoms with Gasteiger partial charge in [-0.15, -0.1) is 0 Å². The molecule has 1 aromatic carbocycles. The van der Waals surface area contributed by atoms with E-state index in [0.29, 0.717) is 18.2 Å². The fourth-order valence-corrected chi connectivity index (χ4v) is 1.41. The first kappa shape index (κ1) is 12.4. The molecule has 0 saturated heterocycles. The standard InChI is InChI=1S/C13H14FN3O/c1-15-6-7-18-12-8-16-13(17-9-12)10-2-4-11(14)5-3-10/h2-5,8-9,15H,6-7H2,1H3. The molecule has 0 bridgehead atoms. The van der Waals surface area contributed by atoms with Crippen molar-refractivity contribution < 1.29 is 9.13 Å². The second-order valence-electron chi connectivity index (χ2n) is 3.70. The van der Waals surface area contributed by atoms with Crippen LogP contribution in [0.5, 0.6) is 5.75 Å².